The summed E-state index contributed by atoms with van der Waals surface area (Å²) in [6, 6.07) is 11.9. The molecular formula is C20H21N3O4. The van der Waals surface area contributed by atoms with Crippen molar-refractivity contribution in [3.63, 3.8) is 0 Å². The first-order valence-electron chi connectivity index (χ1n) is 8.66. The number of ether oxygens (including phenoxy) is 1. The third-order valence-corrected chi connectivity index (χ3v) is 4.33. The fraction of sp³-hybridized carbons (Fsp3) is 0.250. The number of anilines is 1. The molecule has 7 nitrogen and oxygen atoms in total. The molecule has 2 N–H and O–H groups in total. The fourth-order valence-corrected chi connectivity index (χ4v) is 2.97. The van der Waals surface area contributed by atoms with E-state index in [0.29, 0.717) is 35.5 Å². The quantitative estimate of drug-likeness (QED) is 0.607. The van der Waals surface area contributed by atoms with Crippen LogP contribution in [0, 0.1) is 6.92 Å². The minimum absolute atomic E-state index is 0.250. The number of nitrogens with one attached hydrogen (secondary N) is 2. The summed E-state index contributed by atoms with van der Waals surface area (Å²) in [7, 11) is 1.54. The molecule has 0 saturated carbocycles. The molecular weight excluding hydrogens is 346 g/mol. The van der Waals surface area contributed by atoms with E-state index in [1.807, 2.05) is 19.1 Å². The van der Waals surface area contributed by atoms with Gasteiger partial charge < -0.3 is 15.4 Å². The monoisotopic (exact) mass is 367 g/mol. The Hall–Kier alpha value is -3.35. The van der Waals surface area contributed by atoms with Crippen LogP contribution in [0.3, 0.4) is 0 Å². The predicted octanol–water partition coefficient (Wildman–Crippen LogP) is 2.81. The van der Waals surface area contributed by atoms with Crippen LogP contribution in [0.2, 0.25) is 0 Å². The van der Waals surface area contributed by atoms with Gasteiger partial charge in [0.25, 0.3) is 11.8 Å². The van der Waals surface area contributed by atoms with Gasteiger partial charge in [0.2, 0.25) is 0 Å². The van der Waals surface area contributed by atoms with Crippen LogP contribution < -0.4 is 15.4 Å². The molecule has 140 valence electrons. The van der Waals surface area contributed by atoms with Gasteiger partial charge in [-0.1, -0.05) is 18.2 Å². The number of methoxy groups -OCH3 is 1. The summed E-state index contributed by atoms with van der Waals surface area (Å²) in [6.07, 6.45) is 0.462. The number of benzene rings is 2. The molecule has 27 heavy (non-hydrogen) atoms. The van der Waals surface area contributed by atoms with Crippen molar-refractivity contribution in [1.82, 2.24) is 10.2 Å². The van der Waals surface area contributed by atoms with Gasteiger partial charge in [-0.3, -0.25) is 14.5 Å². The summed E-state index contributed by atoms with van der Waals surface area (Å²) in [4.78, 5) is 37.8. The smallest absolute Gasteiger partial charge is 0.319 e. The van der Waals surface area contributed by atoms with E-state index in [9.17, 15) is 14.4 Å². The van der Waals surface area contributed by atoms with Crippen molar-refractivity contribution in [2.24, 2.45) is 0 Å². The van der Waals surface area contributed by atoms with Crippen LogP contribution >= 0.6 is 0 Å². The maximum atomic E-state index is 12.3. The molecule has 1 aliphatic heterocycles. The van der Waals surface area contributed by atoms with Gasteiger partial charge in [0.05, 0.1) is 23.9 Å². The summed E-state index contributed by atoms with van der Waals surface area (Å²) in [5.74, 6) is -0.00382. The van der Waals surface area contributed by atoms with Crippen molar-refractivity contribution < 1.29 is 19.1 Å². The molecule has 2 aromatic rings. The molecule has 0 spiro atoms. The lowest BCUT2D eigenvalue weighted by Gasteiger charge is -2.15. The minimum Gasteiger partial charge on any atom is -0.495 e. The first kappa shape index (κ1) is 18.4. The molecule has 0 radical (unpaired) electrons. The molecule has 0 fully saturated rings. The molecule has 0 aromatic heterocycles. The van der Waals surface area contributed by atoms with E-state index >= 15 is 0 Å². The number of hydrogen-bond donors (Lipinski definition) is 2. The standard InChI is InChI=1S/C20H21N3O4/c1-13-8-9-17(27-2)16(12-13)22-20(26)21-10-5-11-23-18(24)14-6-3-4-7-15(14)19(23)25/h3-4,6-9,12H,5,10-11H2,1-2H3,(H2,21,22,26). The lowest BCUT2D eigenvalue weighted by molar-refractivity contribution is 0.0653. The number of carbonyl (C=O) groups excluding carboxylic acids is 3. The molecule has 7 heteroatoms. The Balaban J connectivity index is 1.48. The largest absolute Gasteiger partial charge is 0.495 e. The molecule has 0 bridgehead atoms. The number of amides is 4. The maximum absolute atomic E-state index is 12.3. The third kappa shape index (κ3) is 3.92. The summed E-state index contributed by atoms with van der Waals surface area (Å²) < 4.78 is 5.22. The second-order valence-electron chi connectivity index (χ2n) is 6.25. The maximum Gasteiger partial charge on any atom is 0.319 e. The van der Waals surface area contributed by atoms with E-state index < -0.39 is 0 Å². The summed E-state index contributed by atoms with van der Waals surface area (Å²) >= 11 is 0. The number of hydrogen-bond acceptors (Lipinski definition) is 4. The lowest BCUT2D eigenvalue weighted by atomic mass is 10.1. The first-order chi connectivity index (χ1) is 13.0. The van der Waals surface area contributed by atoms with Crippen molar-refractivity contribution in [2.75, 3.05) is 25.5 Å². The second kappa shape index (κ2) is 7.90. The number of urea groups is 1. The van der Waals surface area contributed by atoms with Crippen molar-refractivity contribution >= 4 is 23.5 Å². The molecule has 4 amide bonds. The van der Waals surface area contributed by atoms with Crippen LogP contribution in [0.1, 0.15) is 32.7 Å². The highest BCUT2D eigenvalue weighted by atomic mass is 16.5. The zero-order chi connectivity index (χ0) is 19.4. The van der Waals surface area contributed by atoms with Crippen LogP contribution in [0.15, 0.2) is 42.5 Å². The van der Waals surface area contributed by atoms with Gasteiger partial charge in [-0.05, 0) is 43.2 Å². The lowest BCUT2D eigenvalue weighted by Crippen LogP contribution is -2.35. The van der Waals surface area contributed by atoms with E-state index in [4.69, 9.17) is 4.74 Å². The number of carbonyl (C=O) groups is 3. The van der Waals surface area contributed by atoms with E-state index in [2.05, 4.69) is 10.6 Å². The molecule has 0 aliphatic carbocycles. The Bertz CT molecular complexity index is 860. The third-order valence-electron chi connectivity index (χ3n) is 4.33. The first-order valence-corrected chi connectivity index (χ1v) is 8.66. The van der Waals surface area contributed by atoms with Crippen molar-refractivity contribution in [3.05, 3.63) is 59.2 Å². The van der Waals surface area contributed by atoms with Gasteiger partial charge in [-0.25, -0.2) is 4.79 Å². The predicted molar refractivity (Wildman–Crippen MR) is 101 cm³/mol. The number of fused-ring (bicyclic) bond motifs is 1. The van der Waals surface area contributed by atoms with E-state index in [-0.39, 0.29) is 24.4 Å². The minimum atomic E-state index is -0.374. The molecule has 0 unspecified atom stereocenters. The Kier molecular flexibility index (Phi) is 5.40. The highest BCUT2D eigenvalue weighted by molar-refractivity contribution is 6.21. The number of imide groups is 1. The van der Waals surface area contributed by atoms with Crippen molar-refractivity contribution in [3.8, 4) is 5.75 Å². The number of nitrogens with zero attached hydrogens (tertiary/aromatic N) is 1. The van der Waals surface area contributed by atoms with Gasteiger partial charge in [-0.2, -0.15) is 0 Å². The average molecular weight is 367 g/mol. The zero-order valence-electron chi connectivity index (χ0n) is 15.2. The number of aryl methyl sites for hydroxylation is 1. The Morgan fingerprint density at radius 1 is 1.07 bits per heavy atom. The van der Waals surface area contributed by atoms with Gasteiger partial charge >= 0.3 is 6.03 Å². The van der Waals surface area contributed by atoms with Gasteiger partial charge in [-0.15, -0.1) is 0 Å². The van der Waals surface area contributed by atoms with Gasteiger partial charge in [0.1, 0.15) is 5.75 Å². The highest BCUT2D eigenvalue weighted by Crippen LogP contribution is 2.25. The van der Waals surface area contributed by atoms with Gasteiger partial charge in [0, 0.05) is 13.1 Å². The molecule has 0 saturated heterocycles. The van der Waals surface area contributed by atoms with E-state index in [0.717, 1.165) is 5.56 Å². The van der Waals surface area contributed by atoms with Crippen LogP contribution in [0.5, 0.6) is 5.75 Å². The average Bonchev–Trinajstić information content (AvgIpc) is 2.90. The van der Waals surface area contributed by atoms with Crippen LogP contribution in [-0.4, -0.2) is 42.9 Å². The fourth-order valence-electron chi connectivity index (χ4n) is 2.97. The van der Waals surface area contributed by atoms with Crippen LogP contribution in [0.4, 0.5) is 10.5 Å². The van der Waals surface area contributed by atoms with Crippen molar-refractivity contribution in [1.29, 1.82) is 0 Å². The molecule has 1 aliphatic rings. The van der Waals surface area contributed by atoms with Crippen LogP contribution in [0.25, 0.3) is 0 Å². The Morgan fingerprint density at radius 3 is 2.37 bits per heavy atom. The molecule has 3 rings (SSSR count). The van der Waals surface area contributed by atoms with E-state index in [1.165, 1.54) is 12.0 Å². The SMILES string of the molecule is COc1ccc(C)cc1NC(=O)NCCCN1C(=O)c2ccccc2C1=O. The van der Waals surface area contributed by atoms with Gasteiger partial charge in [0.15, 0.2) is 0 Å². The zero-order valence-corrected chi connectivity index (χ0v) is 15.2. The Morgan fingerprint density at radius 2 is 1.74 bits per heavy atom. The normalized spacial score (nSPS) is 12.7. The van der Waals surface area contributed by atoms with Crippen LogP contribution in [-0.2, 0) is 0 Å². The van der Waals surface area contributed by atoms with Crippen molar-refractivity contribution in [2.45, 2.75) is 13.3 Å². The molecule has 2 aromatic carbocycles. The second-order valence-corrected chi connectivity index (χ2v) is 6.25. The summed E-state index contributed by atoms with van der Waals surface area (Å²) in [5.41, 5.74) is 2.44. The van der Waals surface area contributed by atoms with E-state index in [1.54, 1.807) is 30.3 Å². The summed E-state index contributed by atoms with van der Waals surface area (Å²) in [6.45, 7) is 2.50. The highest BCUT2D eigenvalue weighted by Gasteiger charge is 2.34. The summed E-state index contributed by atoms with van der Waals surface area (Å²) in [5, 5.41) is 5.46. The molecule has 1 heterocycles. The topological polar surface area (TPSA) is 87.7 Å². The Labute approximate surface area is 157 Å². The molecule has 0 atom stereocenters. The number of rotatable bonds is 6.